The lowest BCUT2D eigenvalue weighted by atomic mass is 9.79. The summed E-state index contributed by atoms with van der Waals surface area (Å²) in [6.45, 7) is 9.28. The Kier molecular flexibility index (Phi) is 6.29. The molecule has 3 heterocycles. The number of nitrogens with zero attached hydrogens (tertiary/aromatic N) is 4. The van der Waals surface area contributed by atoms with Crippen molar-refractivity contribution < 1.29 is 4.21 Å². The molecule has 1 aliphatic carbocycles. The van der Waals surface area contributed by atoms with Crippen molar-refractivity contribution in [2.75, 3.05) is 43.5 Å². The Balaban J connectivity index is 0.000000948. The van der Waals surface area contributed by atoms with E-state index in [1.54, 1.807) is 6.33 Å². The number of anilines is 1. The fourth-order valence-corrected chi connectivity index (χ4v) is 5.17. The van der Waals surface area contributed by atoms with Crippen LogP contribution in [0.25, 0.3) is 11.0 Å². The van der Waals surface area contributed by atoms with E-state index in [4.69, 9.17) is 0 Å². The van der Waals surface area contributed by atoms with E-state index in [0.29, 0.717) is 6.04 Å². The van der Waals surface area contributed by atoms with Crippen LogP contribution in [-0.4, -0.2) is 61.8 Å². The highest BCUT2D eigenvalue weighted by atomic mass is 32.2. The quantitative estimate of drug-likeness (QED) is 0.888. The molecule has 0 radical (unpaired) electrons. The van der Waals surface area contributed by atoms with Gasteiger partial charge in [-0.1, -0.05) is 13.8 Å². The Bertz CT molecular complexity index is 759. The molecule has 0 amide bonds. The smallest absolute Gasteiger partial charge is 0.145 e. The minimum Gasteiger partial charge on any atom is -0.372 e. The van der Waals surface area contributed by atoms with Gasteiger partial charge in [0, 0.05) is 61.2 Å². The van der Waals surface area contributed by atoms with Crippen LogP contribution in [0.2, 0.25) is 0 Å². The van der Waals surface area contributed by atoms with Crippen molar-refractivity contribution in [1.29, 1.82) is 0 Å². The van der Waals surface area contributed by atoms with Crippen molar-refractivity contribution in [3.63, 3.8) is 0 Å². The van der Waals surface area contributed by atoms with Crippen LogP contribution in [0.1, 0.15) is 38.3 Å². The Hall–Kier alpha value is -1.47. The highest BCUT2D eigenvalue weighted by Crippen LogP contribution is 2.41. The van der Waals surface area contributed by atoms with Crippen LogP contribution >= 0.6 is 0 Å². The van der Waals surface area contributed by atoms with Gasteiger partial charge in [0.25, 0.3) is 0 Å². The van der Waals surface area contributed by atoms with E-state index in [0.717, 1.165) is 53.9 Å². The van der Waals surface area contributed by atoms with E-state index in [9.17, 15) is 4.21 Å². The first-order valence-electron chi connectivity index (χ1n) is 9.73. The SMILES string of the molecule is CC.CNc1ncnc2c1c(C)cn2C1CC(CN2CCS(=O)CC2)C1. The number of nitrogens with one attached hydrogen (secondary N) is 1. The van der Waals surface area contributed by atoms with Gasteiger partial charge in [-0.3, -0.25) is 4.21 Å². The van der Waals surface area contributed by atoms with Gasteiger partial charge in [0.15, 0.2) is 0 Å². The molecule has 2 aliphatic rings. The normalized spacial score (nSPS) is 24.0. The molecule has 0 spiro atoms. The van der Waals surface area contributed by atoms with Crippen LogP contribution in [0, 0.1) is 12.8 Å². The summed E-state index contributed by atoms with van der Waals surface area (Å²) in [5.41, 5.74) is 2.28. The van der Waals surface area contributed by atoms with Crippen molar-refractivity contribution in [1.82, 2.24) is 19.4 Å². The van der Waals surface area contributed by atoms with E-state index in [1.165, 1.54) is 18.4 Å². The zero-order valence-electron chi connectivity index (χ0n) is 16.4. The highest BCUT2D eigenvalue weighted by molar-refractivity contribution is 7.85. The van der Waals surface area contributed by atoms with Gasteiger partial charge in [0.1, 0.15) is 17.8 Å². The monoisotopic (exact) mass is 377 g/mol. The summed E-state index contributed by atoms with van der Waals surface area (Å²) >= 11 is 0. The zero-order chi connectivity index (χ0) is 18.7. The van der Waals surface area contributed by atoms with Gasteiger partial charge in [-0.05, 0) is 31.2 Å². The van der Waals surface area contributed by atoms with Gasteiger partial charge in [-0.15, -0.1) is 0 Å². The molecule has 0 unspecified atom stereocenters. The minimum atomic E-state index is -0.579. The fraction of sp³-hybridized carbons (Fsp3) is 0.684. The first-order chi connectivity index (χ1) is 12.7. The van der Waals surface area contributed by atoms with E-state index in [-0.39, 0.29) is 0 Å². The van der Waals surface area contributed by atoms with Crippen LogP contribution < -0.4 is 5.32 Å². The Morgan fingerprint density at radius 3 is 2.58 bits per heavy atom. The molecule has 7 heteroatoms. The summed E-state index contributed by atoms with van der Waals surface area (Å²) < 4.78 is 13.8. The highest BCUT2D eigenvalue weighted by Gasteiger charge is 2.33. The summed E-state index contributed by atoms with van der Waals surface area (Å²) in [5.74, 6) is 3.36. The lowest BCUT2D eigenvalue weighted by Gasteiger charge is -2.40. The van der Waals surface area contributed by atoms with Crippen LogP contribution in [0.3, 0.4) is 0 Å². The maximum atomic E-state index is 11.5. The molecular weight excluding hydrogens is 346 g/mol. The molecule has 2 fully saturated rings. The molecule has 2 aromatic heterocycles. The minimum absolute atomic E-state index is 0.546. The molecule has 0 atom stereocenters. The van der Waals surface area contributed by atoms with Crippen LogP contribution in [0.15, 0.2) is 12.5 Å². The van der Waals surface area contributed by atoms with E-state index >= 15 is 0 Å². The van der Waals surface area contributed by atoms with Crippen molar-refractivity contribution in [2.45, 2.75) is 39.7 Å². The van der Waals surface area contributed by atoms with Crippen molar-refractivity contribution in [3.8, 4) is 0 Å². The maximum Gasteiger partial charge on any atom is 0.145 e. The van der Waals surface area contributed by atoms with Gasteiger partial charge in [0.05, 0.1) is 5.39 Å². The maximum absolute atomic E-state index is 11.5. The van der Waals surface area contributed by atoms with Gasteiger partial charge in [-0.25, -0.2) is 9.97 Å². The third-order valence-electron chi connectivity index (χ3n) is 5.43. The summed E-state index contributed by atoms with van der Waals surface area (Å²) in [6, 6.07) is 0.546. The predicted octanol–water partition coefficient (Wildman–Crippen LogP) is 2.82. The summed E-state index contributed by atoms with van der Waals surface area (Å²) in [6.07, 6.45) is 6.29. The van der Waals surface area contributed by atoms with Crippen molar-refractivity contribution >= 4 is 27.7 Å². The molecule has 2 aromatic rings. The molecule has 0 aromatic carbocycles. The summed E-state index contributed by atoms with van der Waals surface area (Å²) in [5, 5.41) is 4.31. The summed E-state index contributed by atoms with van der Waals surface area (Å²) in [7, 11) is 1.33. The molecular formula is C19H31N5OS. The number of rotatable bonds is 4. The second-order valence-corrected chi connectivity index (χ2v) is 8.73. The molecule has 1 aliphatic heterocycles. The molecule has 0 bridgehead atoms. The molecule has 26 heavy (non-hydrogen) atoms. The standard InChI is InChI=1S/C17H25N5OS.C2H6/c1-12-9-22(17-15(12)16(18-2)19-11-20-17)14-7-13(8-14)10-21-3-5-24(23)6-4-21;1-2/h9,11,13-14H,3-8,10H2,1-2H3,(H,18,19,20);1-2H3. The largest absolute Gasteiger partial charge is 0.372 e. The predicted molar refractivity (Wildman–Crippen MR) is 109 cm³/mol. The Labute approximate surface area is 158 Å². The average Bonchev–Trinajstić information content (AvgIpc) is 2.97. The average molecular weight is 378 g/mol. The van der Waals surface area contributed by atoms with E-state index in [1.807, 2.05) is 20.9 Å². The van der Waals surface area contributed by atoms with Crippen LogP contribution in [0.4, 0.5) is 5.82 Å². The van der Waals surface area contributed by atoms with Crippen molar-refractivity contribution in [2.24, 2.45) is 5.92 Å². The number of hydrogen-bond donors (Lipinski definition) is 1. The first kappa shape index (κ1) is 19.3. The van der Waals surface area contributed by atoms with Gasteiger partial charge in [0.2, 0.25) is 0 Å². The van der Waals surface area contributed by atoms with Gasteiger partial charge < -0.3 is 14.8 Å². The lowest BCUT2D eigenvalue weighted by molar-refractivity contribution is 0.137. The second-order valence-electron chi connectivity index (χ2n) is 7.03. The Morgan fingerprint density at radius 1 is 1.23 bits per heavy atom. The fourth-order valence-electron chi connectivity index (χ4n) is 4.04. The second kappa shape index (κ2) is 8.48. The zero-order valence-corrected chi connectivity index (χ0v) is 17.2. The number of aromatic nitrogens is 3. The summed E-state index contributed by atoms with van der Waals surface area (Å²) in [4.78, 5) is 11.4. The topological polar surface area (TPSA) is 63.1 Å². The van der Waals surface area contributed by atoms with Crippen LogP contribution in [0.5, 0.6) is 0 Å². The third kappa shape index (κ3) is 3.78. The molecule has 1 saturated carbocycles. The van der Waals surface area contributed by atoms with E-state index < -0.39 is 10.8 Å². The molecule has 144 valence electrons. The van der Waals surface area contributed by atoms with Crippen molar-refractivity contribution in [3.05, 3.63) is 18.1 Å². The molecule has 4 rings (SSSR count). The van der Waals surface area contributed by atoms with Gasteiger partial charge in [-0.2, -0.15) is 0 Å². The van der Waals surface area contributed by atoms with E-state index in [2.05, 4.69) is 37.9 Å². The number of hydrogen-bond acceptors (Lipinski definition) is 5. The molecule has 1 N–H and O–H groups in total. The Morgan fingerprint density at radius 2 is 1.92 bits per heavy atom. The van der Waals surface area contributed by atoms with Gasteiger partial charge >= 0.3 is 0 Å². The molecule has 1 saturated heterocycles. The molecule has 6 nitrogen and oxygen atoms in total. The number of aryl methyl sites for hydroxylation is 1. The third-order valence-corrected chi connectivity index (χ3v) is 6.70. The van der Waals surface area contributed by atoms with Crippen LogP contribution in [-0.2, 0) is 10.8 Å². The number of fused-ring (bicyclic) bond motifs is 1. The lowest BCUT2D eigenvalue weighted by Crippen LogP contribution is -2.43. The first-order valence-corrected chi connectivity index (χ1v) is 11.2.